The summed E-state index contributed by atoms with van der Waals surface area (Å²) < 4.78 is 5.53. The molecule has 0 N–H and O–H groups in total. The van der Waals surface area contributed by atoms with Crippen molar-refractivity contribution >= 4 is 10.8 Å². The number of nitriles is 1. The second-order valence-electron chi connectivity index (χ2n) is 7.52. The lowest BCUT2D eigenvalue weighted by molar-refractivity contribution is 0.397. The summed E-state index contributed by atoms with van der Waals surface area (Å²) in [6.45, 7) is 0. The molecule has 0 saturated heterocycles. The summed E-state index contributed by atoms with van der Waals surface area (Å²) in [4.78, 5) is 4.66. The number of aromatic nitrogens is 1. The van der Waals surface area contributed by atoms with Crippen LogP contribution < -0.4 is 4.74 Å². The SMILES string of the molecule is COc1nc(-c2ccc(-c3ccccc3)cc2)cc(-c2cccc3ccccc23)c1C#N. The first-order valence-corrected chi connectivity index (χ1v) is 10.4. The van der Waals surface area contributed by atoms with Gasteiger partial charge in [0.15, 0.2) is 0 Å². The van der Waals surface area contributed by atoms with E-state index in [0.29, 0.717) is 11.4 Å². The van der Waals surface area contributed by atoms with Crippen LogP contribution in [-0.4, -0.2) is 12.1 Å². The molecule has 0 spiro atoms. The molecule has 0 amide bonds. The highest BCUT2D eigenvalue weighted by atomic mass is 16.5. The molecule has 0 fully saturated rings. The van der Waals surface area contributed by atoms with E-state index >= 15 is 0 Å². The molecular formula is C29H20N2O. The largest absolute Gasteiger partial charge is 0.480 e. The molecule has 1 heterocycles. The van der Waals surface area contributed by atoms with Gasteiger partial charge in [-0.1, -0.05) is 97.1 Å². The summed E-state index contributed by atoms with van der Waals surface area (Å²) in [5.74, 6) is 0.333. The molecule has 0 saturated carbocycles. The number of methoxy groups -OCH3 is 1. The van der Waals surface area contributed by atoms with Crippen molar-refractivity contribution in [1.29, 1.82) is 5.26 Å². The molecule has 3 heteroatoms. The van der Waals surface area contributed by atoms with Crippen molar-refractivity contribution in [2.75, 3.05) is 7.11 Å². The number of nitrogens with zero attached hydrogens (tertiary/aromatic N) is 2. The van der Waals surface area contributed by atoms with Crippen LogP contribution in [0.4, 0.5) is 0 Å². The Labute approximate surface area is 187 Å². The minimum absolute atomic E-state index is 0.333. The van der Waals surface area contributed by atoms with Crippen LogP contribution in [0.3, 0.4) is 0 Å². The highest BCUT2D eigenvalue weighted by molar-refractivity contribution is 5.98. The van der Waals surface area contributed by atoms with E-state index in [-0.39, 0.29) is 0 Å². The van der Waals surface area contributed by atoms with Gasteiger partial charge in [0.25, 0.3) is 0 Å². The number of pyridine rings is 1. The van der Waals surface area contributed by atoms with Gasteiger partial charge in [0, 0.05) is 11.1 Å². The lowest BCUT2D eigenvalue weighted by atomic mass is 9.94. The normalized spacial score (nSPS) is 10.6. The van der Waals surface area contributed by atoms with Gasteiger partial charge in [0.1, 0.15) is 11.6 Å². The number of benzene rings is 4. The maximum atomic E-state index is 9.92. The molecule has 32 heavy (non-hydrogen) atoms. The zero-order chi connectivity index (χ0) is 21.9. The van der Waals surface area contributed by atoms with Crippen LogP contribution in [-0.2, 0) is 0 Å². The van der Waals surface area contributed by atoms with Gasteiger partial charge in [-0.25, -0.2) is 4.98 Å². The first kappa shape index (κ1) is 19.5. The van der Waals surface area contributed by atoms with Gasteiger partial charge in [-0.2, -0.15) is 5.26 Å². The minimum atomic E-state index is 0.333. The molecule has 5 aromatic rings. The van der Waals surface area contributed by atoms with Crippen molar-refractivity contribution in [2.24, 2.45) is 0 Å². The van der Waals surface area contributed by atoms with Crippen molar-refractivity contribution in [3.05, 3.63) is 109 Å². The Bertz CT molecular complexity index is 1440. The molecule has 0 aliphatic rings. The summed E-state index contributed by atoms with van der Waals surface area (Å²) in [6, 6.07) is 37.2. The third-order valence-corrected chi connectivity index (χ3v) is 5.66. The fourth-order valence-corrected chi connectivity index (χ4v) is 4.06. The lowest BCUT2D eigenvalue weighted by Gasteiger charge is -2.14. The Kier molecular flexibility index (Phi) is 5.11. The van der Waals surface area contributed by atoms with Crippen LogP contribution in [0.2, 0.25) is 0 Å². The highest BCUT2D eigenvalue weighted by Gasteiger charge is 2.17. The second kappa shape index (κ2) is 8.37. The molecule has 152 valence electrons. The monoisotopic (exact) mass is 412 g/mol. The zero-order valence-corrected chi connectivity index (χ0v) is 17.6. The summed E-state index contributed by atoms with van der Waals surface area (Å²) in [6.07, 6.45) is 0. The topological polar surface area (TPSA) is 45.9 Å². The lowest BCUT2D eigenvalue weighted by Crippen LogP contribution is -1.98. The van der Waals surface area contributed by atoms with Crippen LogP contribution in [0.15, 0.2) is 103 Å². The van der Waals surface area contributed by atoms with Crippen molar-refractivity contribution in [2.45, 2.75) is 0 Å². The van der Waals surface area contributed by atoms with Crippen molar-refractivity contribution in [3.63, 3.8) is 0 Å². The van der Waals surface area contributed by atoms with E-state index in [1.807, 2.05) is 48.5 Å². The van der Waals surface area contributed by atoms with Gasteiger partial charge < -0.3 is 4.74 Å². The van der Waals surface area contributed by atoms with Crippen molar-refractivity contribution in [3.8, 4) is 45.5 Å². The fraction of sp³-hybridized carbons (Fsp3) is 0.0345. The molecule has 0 atom stereocenters. The van der Waals surface area contributed by atoms with E-state index in [0.717, 1.165) is 38.7 Å². The maximum absolute atomic E-state index is 9.92. The van der Waals surface area contributed by atoms with Crippen LogP contribution in [0.25, 0.3) is 44.3 Å². The van der Waals surface area contributed by atoms with Gasteiger partial charge in [-0.15, -0.1) is 0 Å². The molecule has 0 aliphatic heterocycles. The fourth-order valence-electron chi connectivity index (χ4n) is 4.06. The Balaban J connectivity index is 1.67. The maximum Gasteiger partial charge on any atom is 0.232 e. The Morgan fingerprint density at radius 2 is 1.34 bits per heavy atom. The van der Waals surface area contributed by atoms with E-state index in [1.165, 1.54) is 5.56 Å². The van der Waals surface area contributed by atoms with Crippen molar-refractivity contribution < 1.29 is 4.74 Å². The van der Waals surface area contributed by atoms with Crippen LogP contribution in [0.5, 0.6) is 5.88 Å². The van der Waals surface area contributed by atoms with Gasteiger partial charge >= 0.3 is 0 Å². The molecule has 0 aliphatic carbocycles. The third-order valence-electron chi connectivity index (χ3n) is 5.66. The first-order valence-electron chi connectivity index (χ1n) is 10.4. The smallest absolute Gasteiger partial charge is 0.232 e. The molecule has 0 bridgehead atoms. The van der Waals surface area contributed by atoms with Crippen LogP contribution in [0.1, 0.15) is 5.56 Å². The van der Waals surface area contributed by atoms with E-state index in [2.05, 4.69) is 65.7 Å². The van der Waals surface area contributed by atoms with E-state index in [4.69, 9.17) is 4.74 Å². The number of hydrogen-bond donors (Lipinski definition) is 0. The van der Waals surface area contributed by atoms with E-state index < -0.39 is 0 Å². The Morgan fingerprint density at radius 1 is 0.688 bits per heavy atom. The van der Waals surface area contributed by atoms with Gasteiger partial charge in [0.2, 0.25) is 5.88 Å². The highest BCUT2D eigenvalue weighted by Crippen LogP contribution is 2.37. The molecular weight excluding hydrogens is 392 g/mol. The minimum Gasteiger partial charge on any atom is -0.480 e. The Hall–Kier alpha value is -4.42. The standard InChI is InChI=1S/C29H20N2O/c1-32-29-27(19-30)26(25-13-7-11-22-10-5-6-12-24(22)25)18-28(31-29)23-16-14-21(15-17-23)20-8-3-2-4-9-20/h2-18H,1H3. The van der Waals surface area contributed by atoms with E-state index in [1.54, 1.807) is 7.11 Å². The van der Waals surface area contributed by atoms with Gasteiger partial charge in [-0.05, 0) is 33.5 Å². The molecule has 3 nitrogen and oxygen atoms in total. The summed E-state index contributed by atoms with van der Waals surface area (Å²) in [5, 5.41) is 12.1. The average molecular weight is 412 g/mol. The zero-order valence-electron chi connectivity index (χ0n) is 17.6. The number of hydrogen-bond acceptors (Lipinski definition) is 3. The summed E-state index contributed by atoms with van der Waals surface area (Å²) in [5.41, 5.74) is 6.29. The molecule has 4 aromatic carbocycles. The number of fused-ring (bicyclic) bond motifs is 1. The third kappa shape index (κ3) is 3.49. The first-order chi connectivity index (χ1) is 15.8. The number of ether oxygens (including phenoxy) is 1. The van der Waals surface area contributed by atoms with Crippen LogP contribution in [0, 0.1) is 11.3 Å². The summed E-state index contributed by atoms with van der Waals surface area (Å²) in [7, 11) is 1.55. The van der Waals surface area contributed by atoms with Crippen molar-refractivity contribution in [1.82, 2.24) is 4.98 Å². The predicted molar refractivity (Wildman–Crippen MR) is 129 cm³/mol. The van der Waals surface area contributed by atoms with E-state index in [9.17, 15) is 5.26 Å². The molecule has 0 radical (unpaired) electrons. The average Bonchev–Trinajstić information content (AvgIpc) is 2.88. The Morgan fingerprint density at radius 3 is 2.09 bits per heavy atom. The molecule has 5 rings (SSSR count). The number of rotatable bonds is 4. The summed E-state index contributed by atoms with van der Waals surface area (Å²) >= 11 is 0. The quantitative estimate of drug-likeness (QED) is 0.316. The molecule has 0 unspecified atom stereocenters. The molecule has 1 aromatic heterocycles. The van der Waals surface area contributed by atoms with Gasteiger partial charge in [-0.3, -0.25) is 0 Å². The predicted octanol–water partition coefficient (Wildman–Crippen LogP) is 7.12. The van der Waals surface area contributed by atoms with Gasteiger partial charge in [0.05, 0.1) is 12.8 Å². The second-order valence-corrected chi connectivity index (χ2v) is 7.52. The van der Waals surface area contributed by atoms with Crippen LogP contribution >= 0.6 is 0 Å².